The Morgan fingerprint density at radius 1 is 1.33 bits per heavy atom. The molecule has 0 aliphatic rings. The Balaban J connectivity index is 2.30. The lowest BCUT2D eigenvalue weighted by Crippen LogP contribution is -2.09. The zero-order valence-electron chi connectivity index (χ0n) is 9.77. The topological polar surface area (TPSA) is 50.9 Å². The third-order valence-electron chi connectivity index (χ3n) is 2.53. The highest BCUT2D eigenvalue weighted by atomic mass is 35.5. The van der Waals surface area contributed by atoms with Crippen molar-refractivity contribution in [1.82, 2.24) is 4.98 Å². The van der Waals surface area contributed by atoms with Gasteiger partial charge in [0.15, 0.2) is 0 Å². The highest BCUT2D eigenvalue weighted by Crippen LogP contribution is 2.27. The van der Waals surface area contributed by atoms with Crippen LogP contribution in [0.2, 0.25) is 5.02 Å². The molecule has 2 rings (SSSR count). The van der Waals surface area contributed by atoms with Gasteiger partial charge in [0.2, 0.25) is 0 Å². The number of hydrogen-bond acceptors (Lipinski definition) is 3. The van der Waals surface area contributed by atoms with E-state index in [4.69, 9.17) is 29.6 Å². The van der Waals surface area contributed by atoms with E-state index in [1.54, 1.807) is 12.3 Å². The fraction of sp³-hybridized carbons (Fsp3) is 0.0769. The maximum atomic E-state index is 6.18. The summed E-state index contributed by atoms with van der Waals surface area (Å²) in [6.45, 7) is 1.93. The van der Waals surface area contributed by atoms with E-state index in [-0.39, 0.29) is 0 Å². The van der Waals surface area contributed by atoms with Crippen LogP contribution in [-0.2, 0) is 0 Å². The van der Waals surface area contributed by atoms with E-state index in [9.17, 15) is 0 Å². The summed E-state index contributed by atoms with van der Waals surface area (Å²) in [6, 6.07) is 9.25. The Hall–Kier alpha value is -1.65. The second kappa shape index (κ2) is 5.33. The van der Waals surface area contributed by atoms with Crippen LogP contribution in [0.1, 0.15) is 11.3 Å². The molecule has 0 aliphatic heterocycles. The average molecular weight is 278 g/mol. The van der Waals surface area contributed by atoms with Crippen LogP contribution in [0.5, 0.6) is 0 Å². The van der Waals surface area contributed by atoms with Crippen molar-refractivity contribution in [3.05, 3.63) is 52.8 Å². The summed E-state index contributed by atoms with van der Waals surface area (Å²) in [5, 5.41) is 3.80. The van der Waals surface area contributed by atoms with Gasteiger partial charge in [0.1, 0.15) is 4.99 Å². The van der Waals surface area contributed by atoms with Gasteiger partial charge in [-0.25, -0.2) is 0 Å². The molecule has 3 nitrogen and oxygen atoms in total. The lowest BCUT2D eigenvalue weighted by atomic mass is 10.2. The smallest absolute Gasteiger partial charge is 0.104 e. The van der Waals surface area contributed by atoms with Gasteiger partial charge in [-0.15, -0.1) is 0 Å². The van der Waals surface area contributed by atoms with Crippen LogP contribution in [0.3, 0.4) is 0 Å². The maximum absolute atomic E-state index is 6.18. The van der Waals surface area contributed by atoms with Crippen LogP contribution in [0.15, 0.2) is 36.5 Å². The van der Waals surface area contributed by atoms with Crippen LogP contribution in [-0.4, -0.2) is 9.97 Å². The van der Waals surface area contributed by atoms with Crippen molar-refractivity contribution in [3.63, 3.8) is 0 Å². The van der Waals surface area contributed by atoms with Gasteiger partial charge in [0, 0.05) is 11.8 Å². The largest absolute Gasteiger partial charge is 0.389 e. The molecule has 0 aliphatic carbocycles. The molecule has 2 aromatic rings. The summed E-state index contributed by atoms with van der Waals surface area (Å²) in [7, 11) is 0. The number of hydrogen-bond donors (Lipinski definition) is 2. The van der Waals surface area contributed by atoms with Crippen molar-refractivity contribution in [3.8, 4) is 0 Å². The zero-order valence-corrected chi connectivity index (χ0v) is 11.3. The molecular weight excluding hydrogens is 266 g/mol. The molecule has 0 fully saturated rings. The van der Waals surface area contributed by atoms with Crippen molar-refractivity contribution in [2.24, 2.45) is 5.73 Å². The molecule has 3 N–H and O–H groups in total. The number of nitrogens with one attached hydrogen (secondary N) is 1. The highest BCUT2D eigenvalue weighted by Gasteiger charge is 2.05. The molecule has 0 radical (unpaired) electrons. The van der Waals surface area contributed by atoms with E-state index in [1.807, 2.05) is 31.2 Å². The first-order valence-electron chi connectivity index (χ1n) is 5.36. The number of anilines is 2. The van der Waals surface area contributed by atoms with Gasteiger partial charge in [-0.1, -0.05) is 23.8 Å². The van der Waals surface area contributed by atoms with E-state index < -0.39 is 0 Å². The van der Waals surface area contributed by atoms with Gasteiger partial charge < -0.3 is 11.1 Å². The molecule has 5 heteroatoms. The molecule has 0 atom stereocenters. The summed E-state index contributed by atoms with van der Waals surface area (Å²) < 4.78 is 0. The van der Waals surface area contributed by atoms with Gasteiger partial charge in [0.25, 0.3) is 0 Å². The number of nitrogens with zero attached hydrogens (tertiary/aromatic N) is 1. The van der Waals surface area contributed by atoms with Crippen LogP contribution < -0.4 is 11.1 Å². The number of halogens is 1. The first-order valence-corrected chi connectivity index (χ1v) is 6.14. The van der Waals surface area contributed by atoms with Crippen LogP contribution in [0.25, 0.3) is 0 Å². The summed E-state index contributed by atoms with van der Waals surface area (Å²) >= 11 is 11.1. The number of benzene rings is 1. The summed E-state index contributed by atoms with van der Waals surface area (Å²) in [4.78, 5) is 4.54. The Morgan fingerprint density at radius 2 is 2.11 bits per heavy atom. The minimum absolute atomic E-state index is 0.334. The Bertz CT molecular complexity index is 599. The number of nitrogens with two attached hydrogens (primary N) is 1. The fourth-order valence-corrected chi connectivity index (χ4v) is 1.89. The Kier molecular flexibility index (Phi) is 3.79. The molecule has 0 spiro atoms. The molecule has 1 heterocycles. The van der Waals surface area contributed by atoms with Crippen LogP contribution >= 0.6 is 23.8 Å². The number of aromatic nitrogens is 1. The second-order valence-corrected chi connectivity index (χ2v) is 4.67. The van der Waals surface area contributed by atoms with Crippen molar-refractivity contribution >= 4 is 40.2 Å². The zero-order chi connectivity index (χ0) is 13.1. The van der Waals surface area contributed by atoms with Crippen molar-refractivity contribution in [2.45, 2.75) is 6.92 Å². The average Bonchev–Trinajstić information content (AvgIpc) is 2.34. The van der Waals surface area contributed by atoms with Crippen molar-refractivity contribution < 1.29 is 0 Å². The van der Waals surface area contributed by atoms with Gasteiger partial charge >= 0.3 is 0 Å². The second-order valence-electron chi connectivity index (χ2n) is 3.82. The van der Waals surface area contributed by atoms with E-state index in [2.05, 4.69) is 10.3 Å². The minimum Gasteiger partial charge on any atom is -0.389 e. The van der Waals surface area contributed by atoms with E-state index in [1.165, 1.54) is 0 Å². The Morgan fingerprint density at radius 3 is 2.72 bits per heavy atom. The van der Waals surface area contributed by atoms with Crippen molar-refractivity contribution in [1.29, 1.82) is 0 Å². The van der Waals surface area contributed by atoms with Crippen molar-refractivity contribution in [2.75, 3.05) is 5.32 Å². The molecule has 18 heavy (non-hydrogen) atoms. The number of aryl methyl sites for hydroxylation is 1. The Labute approximate surface area is 116 Å². The maximum Gasteiger partial charge on any atom is 0.104 e. The number of rotatable bonds is 3. The molecule has 1 aromatic heterocycles. The predicted octanol–water partition coefficient (Wildman–Crippen LogP) is 3.42. The molecule has 0 saturated heterocycles. The number of thiocarbonyl (C=S) groups is 1. The molecule has 0 amide bonds. The van der Waals surface area contributed by atoms with E-state index >= 15 is 0 Å². The normalized spacial score (nSPS) is 10.1. The van der Waals surface area contributed by atoms with E-state index in [0.717, 1.165) is 22.6 Å². The molecule has 1 aromatic carbocycles. The third-order valence-corrected chi connectivity index (χ3v) is 3.08. The van der Waals surface area contributed by atoms with Gasteiger partial charge in [-0.05, 0) is 37.3 Å². The number of pyridine rings is 1. The monoisotopic (exact) mass is 277 g/mol. The third kappa shape index (κ3) is 2.78. The lowest BCUT2D eigenvalue weighted by Gasteiger charge is -2.11. The molecule has 0 unspecified atom stereocenters. The standard InChI is InChI=1S/C13H12ClN3S/c1-8-11(3-2-6-16-8)17-12-5-4-9(13(15)18)7-10(12)14/h2-7,17H,1H3,(H2,15,18). The van der Waals surface area contributed by atoms with Gasteiger partial charge in [-0.2, -0.15) is 0 Å². The first-order chi connectivity index (χ1) is 8.58. The van der Waals surface area contributed by atoms with E-state index in [0.29, 0.717) is 10.0 Å². The lowest BCUT2D eigenvalue weighted by molar-refractivity contribution is 1.20. The quantitative estimate of drug-likeness (QED) is 0.844. The summed E-state index contributed by atoms with van der Waals surface area (Å²) in [6.07, 6.45) is 1.75. The summed E-state index contributed by atoms with van der Waals surface area (Å²) in [5.41, 5.74) is 8.93. The van der Waals surface area contributed by atoms with Crippen LogP contribution in [0, 0.1) is 6.92 Å². The van der Waals surface area contributed by atoms with Gasteiger partial charge in [-0.3, -0.25) is 4.98 Å². The SMILES string of the molecule is Cc1ncccc1Nc1ccc(C(N)=S)cc1Cl. The molecular formula is C13H12ClN3S. The summed E-state index contributed by atoms with van der Waals surface area (Å²) in [5.74, 6) is 0. The van der Waals surface area contributed by atoms with Crippen LogP contribution in [0.4, 0.5) is 11.4 Å². The molecule has 0 bridgehead atoms. The fourth-order valence-electron chi connectivity index (χ4n) is 1.53. The predicted molar refractivity (Wildman–Crippen MR) is 79.6 cm³/mol. The highest BCUT2D eigenvalue weighted by molar-refractivity contribution is 7.80. The van der Waals surface area contributed by atoms with Gasteiger partial charge in [0.05, 0.1) is 22.1 Å². The first kappa shape index (κ1) is 12.8. The molecule has 92 valence electrons. The minimum atomic E-state index is 0.334. The molecule has 0 saturated carbocycles.